The van der Waals surface area contributed by atoms with Gasteiger partial charge in [0.15, 0.2) is 0 Å². The second-order valence-corrected chi connectivity index (χ2v) is 4.31. The maximum absolute atomic E-state index is 12.0. The zero-order valence-corrected chi connectivity index (χ0v) is 10.8. The molecule has 6 heteroatoms. The third-order valence-electron chi connectivity index (χ3n) is 2.55. The smallest absolute Gasteiger partial charge is 0.309 e. The summed E-state index contributed by atoms with van der Waals surface area (Å²) < 4.78 is 0. The van der Waals surface area contributed by atoms with Gasteiger partial charge in [-0.25, -0.2) is 0 Å². The lowest BCUT2D eigenvalue weighted by atomic mass is 10.2. The molecule has 6 nitrogen and oxygen atoms in total. The first kappa shape index (κ1) is 13.7. The standard InChI is InChI=1S/C14H13N3O3/c1-9-4-10(7-15-6-9)14(20)17-12-3-2-11(16-8-12)5-13(18)19/h2-4,6-8H,5H2,1H3,(H,17,20)(H,18,19). The van der Waals surface area contributed by atoms with Crippen LogP contribution in [0.2, 0.25) is 0 Å². The van der Waals surface area contributed by atoms with Gasteiger partial charge >= 0.3 is 5.97 Å². The summed E-state index contributed by atoms with van der Waals surface area (Å²) in [6.07, 6.45) is 4.43. The topological polar surface area (TPSA) is 92.2 Å². The third-order valence-corrected chi connectivity index (χ3v) is 2.55. The summed E-state index contributed by atoms with van der Waals surface area (Å²) in [5.41, 5.74) is 2.30. The molecule has 0 radical (unpaired) electrons. The number of carbonyl (C=O) groups excluding carboxylic acids is 1. The van der Waals surface area contributed by atoms with Crippen molar-refractivity contribution in [3.8, 4) is 0 Å². The van der Waals surface area contributed by atoms with E-state index >= 15 is 0 Å². The molecule has 1 amide bonds. The van der Waals surface area contributed by atoms with Crippen molar-refractivity contribution in [1.29, 1.82) is 0 Å². The first-order valence-corrected chi connectivity index (χ1v) is 5.94. The Bertz CT molecular complexity index is 638. The van der Waals surface area contributed by atoms with Gasteiger partial charge in [-0.15, -0.1) is 0 Å². The van der Waals surface area contributed by atoms with Crippen molar-refractivity contribution in [2.24, 2.45) is 0 Å². The molecular weight excluding hydrogens is 258 g/mol. The van der Waals surface area contributed by atoms with Crippen LogP contribution in [0.4, 0.5) is 5.69 Å². The molecule has 20 heavy (non-hydrogen) atoms. The van der Waals surface area contributed by atoms with Crippen LogP contribution in [-0.4, -0.2) is 27.0 Å². The maximum Gasteiger partial charge on any atom is 0.309 e. The van der Waals surface area contributed by atoms with Crippen molar-refractivity contribution in [3.05, 3.63) is 53.6 Å². The Balaban J connectivity index is 2.06. The molecule has 0 aliphatic carbocycles. The molecule has 102 valence electrons. The Hall–Kier alpha value is -2.76. The predicted molar refractivity (Wildman–Crippen MR) is 72.5 cm³/mol. The molecule has 2 aromatic heterocycles. The number of anilines is 1. The number of aromatic nitrogens is 2. The van der Waals surface area contributed by atoms with Crippen LogP contribution >= 0.6 is 0 Å². The van der Waals surface area contributed by atoms with E-state index in [1.807, 2.05) is 6.92 Å². The van der Waals surface area contributed by atoms with Crippen LogP contribution in [0.5, 0.6) is 0 Å². The summed E-state index contributed by atoms with van der Waals surface area (Å²) in [5.74, 6) is -1.23. The monoisotopic (exact) mass is 271 g/mol. The van der Waals surface area contributed by atoms with Gasteiger partial charge < -0.3 is 10.4 Å². The minimum absolute atomic E-state index is 0.143. The summed E-state index contributed by atoms with van der Waals surface area (Å²) in [4.78, 5) is 30.4. The number of amides is 1. The average Bonchev–Trinajstić information content (AvgIpc) is 2.40. The first-order valence-electron chi connectivity index (χ1n) is 5.94. The van der Waals surface area contributed by atoms with E-state index in [1.165, 1.54) is 12.4 Å². The van der Waals surface area contributed by atoms with Crippen molar-refractivity contribution in [3.63, 3.8) is 0 Å². The molecule has 0 aromatic carbocycles. The van der Waals surface area contributed by atoms with Crippen molar-refractivity contribution >= 4 is 17.6 Å². The number of carboxylic acid groups (broad SMARTS) is 1. The lowest BCUT2D eigenvalue weighted by molar-refractivity contribution is -0.136. The molecule has 0 fully saturated rings. The summed E-state index contributed by atoms with van der Waals surface area (Å²) >= 11 is 0. The Kier molecular flexibility index (Phi) is 4.05. The van der Waals surface area contributed by atoms with Crippen LogP contribution in [0.15, 0.2) is 36.8 Å². The molecule has 2 heterocycles. The van der Waals surface area contributed by atoms with Gasteiger partial charge in [0.2, 0.25) is 0 Å². The fraction of sp³-hybridized carbons (Fsp3) is 0.143. The van der Waals surface area contributed by atoms with E-state index in [-0.39, 0.29) is 12.3 Å². The van der Waals surface area contributed by atoms with Crippen molar-refractivity contribution < 1.29 is 14.7 Å². The normalized spacial score (nSPS) is 10.1. The average molecular weight is 271 g/mol. The molecule has 0 spiro atoms. The number of rotatable bonds is 4. The molecule has 0 bridgehead atoms. The highest BCUT2D eigenvalue weighted by molar-refractivity contribution is 6.04. The van der Waals surface area contributed by atoms with E-state index in [2.05, 4.69) is 15.3 Å². The predicted octanol–water partition coefficient (Wildman–Crippen LogP) is 1.66. The second-order valence-electron chi connectivity index (χ2n) is 4.31. The number of pyridine rings is 2. The molecule has 0 saturated heterocycles. The fourth-order valence-corrected chi connectivity index (χ4v) is 1.64. The lowest BCUT2D eigenvalue weighted by Gasteiger charge is -2.05. The van der Waals surface area contributed by atoms with E-state index in [0.717, 1.165) is 5.56 Å². The Morgan fingerprint density at radius 1 is 1.25 bits per heavy atom. The molecule has 0 aliphatic rings. The molecule has 2 N–H and O–H groups in total. The minimum Gasteiger partial charge on any atom is -0.481 e. The Morgan fingerprint density at radius 3 is 2.65 bits per heavy atom. The fourth-order valence-electron chi connectivity index (χ4n) is 1.64. The summed E-state index contributed by atoms with van der Waals surface area (Å²) in [6, 6.07) is 4.92. The third kappa shape index (κ3) is 3.61. The van der Waals surface area contributed by atoms with Crippen LogP contribution < -0.4 is 5.32 Å². The molecule has 0 saturated carbocycles. The lowest BCUT2D eigenvalue weighted by Crippen LogP contribution is -2.13. The van der Waals surface area contributed by atoms with Crippen molar-refractivity contribution in [1.82, 2.24) is 9.97 Å². The first-order chi connectivity index (χ1) is 9.54. The van der Waals surface area contributed by atoms with Gasteiger partial charge in [0, 0.05) is 12.4 Å². The quantitative estimate of drug-likeness (QED) is 0.882. The summed E-state index contributed by atoms with van der Waals surface area (Å²) in [5, 5.41) is 11.3. The highest BCUT2D eigenvalue weighted by atomic mass is 16.4. The minimum atomic E-state index is -0.944. The van der Waals surface area contributed by atoms with Crippen molar-refractivity contribution in [2.75, 3.05) is 5.32 Å². The van der Waals surface area contributed by atoms with E-state index in [9.17, 15) is 9.59 Å². The number of nitrogens with zero attached hydrogens (tertiary/aromatic N) is 2. The molecule has 2 rings (SSSR count). The maximum atomic E-state index is 12.0. The molecule has 2 aromatic rings. The van der Waals surface area contributed by atoms with E-state index in [0.29, 0.717) is 16.9 Å². The molecule has 0 aliphatic heterocycles. The Labute approximate surface area is 115 Å². The van der Waals surface area contributed by atoms with E-state index < -0.39 is 5.97 Å². The summed E-state index contributed by atoms with van der Waals surface area (Å²) in [7, 11) is 0. The number of aliphatic carboxylic acids is 1. The summed E-state index contributed by atoms with van der Waals surface area (Å²) in [6.45, 7) is 1.85. The largest absolute Gasteiger partial charge is 0.481 e. The number of aryl methyl sites for hydroxylation is 1. The van der Waals surface area contributed by atoms with Gasteiger partial charge in [0.1, 0.15) is 0 Å². The second kappa shape index (κ2) is 5.92. The van der Waals surface area contributed by atoms with Gasteiger partial charge in [-0.2, -0.15) is 0 Å². The highest BCUT2D eigenvalue weighted by Crippen LogP contribution is 2.09. The zero-order valence-electron chi connectivity index (χ0n) is 10.8. The van der Waals surface area contributed by atoms with Crippen LogP contribution in [0.25, 0.3) is 0 Å². The molecular formula is C14H13N3O3. The van der Waals surface area contributed by atoms with Crippen LogP contribution in [0.1, 0.15) is 21.6 Å². The van der Waals surface area contributed by atoms with Crippen molar-refractivity contribution in [2.45, 2.75) is 13.3 Å². The van der Waals surface area contributed by atoms with Crippen LogP contribution in [0.3, 0.4) is 0 Å². The Morgan fingerprint density at radius 2 is 2.05 bits per heavy atom. The highest BCUT2D eigenvalue weighted by Gasteiger charge is 2.07. The number of nitrogens with one attached hydrogen (secondary N) is 1. The SMILES string of the molecule is Cc1cncc(C(=O)Nc2ccc(CC(=O)O)nc2)c1. The van der Waals surface area contributed by atoms with E-state index in [4.69, 9.17) is 5.11 Å². The molecule has 0 atom stereocenters. The van der Waals surface area contributed by atoms with Gasteiger partial charge in [-0.05, 0) is 30.7 Å². The number of hydrogen-bond donors (Lipinski definition) is 2. The van der Waals surface area contributed by atoms with Gasteiger partial charge in [-0.1, -0.05) is 0 Å². The number of carboxylic acids is 1. The van der Waals surface area contributed by atoms with Crippen LogP contribution in [0, 0.1) is 6.92 Å². The zero-order chi connectivity index (χ0) is 14.5. The molecule has 0 unspecified atom stereocenters. The number of hydrogen-bond acceptors (Lipinski definition) is 4. The van der Waals surface area contributed by atoms with Gasteiger partial charge in [0.25, 0.3) is 5.91 Å². The van der Waals surface area contributed by atoms with Gasteiger partial charge in [-0.3, -0.25) is 19.6 Å². The number of carbonyl (C=O) groups is 2. The van der Waals surface area contributed by atoms with Gasteiger partial charge in [0.05, 0.1) is 29.6 Å². The van der Waals surface area contributed by atoms with Crippen LogP contribution in [-0.2, 0) is 11.2 Å². The van der Waals surface area contributed by atoms with E-state index in [1.54, 1.807) is 24.4 Å².